The summed E-state index contributed by atoms with van der Waals surface area (Å²) < 4.78 is 0. The van der Waals surface area contributed by atoms with Gasteiger partial charge in [-0.25, -0.2) is 0 Å². The van der Waals surface area contributed by atoms with Gasteiger partial charge in [-0.15, -0.1) is 10.2 Å². The molecule has 0 aliphatic heterocycles. The Balaban J connectivity index is 1.79. The lowest BCUT2D eigenvalue weighted by molar-refractivity contribution is 0.0942. The van der Waals surface area contributed by atoms with Crippen molar-refractivity contribution in [3.05, 3.63) is 5.01 Å². The summed E-state index contributed by atoms with van der Waals surface area (Å²) in [6.07, 6.45) is 6.40. The van der Waals surface area contributed by atoms with E-state index in [1.165, 1.54) is 43.4 Å². The molecule has 1 aromatic rings. The number of carbonyl (C=O) groups is 1. The first-order chi connectivity index (χ1) is 8.79. The minimum atomic E-state index is -0.0952. The van der Waals surface area contributed by atoms with Crippen molar-refractivity contribution >= 4 is 22.4 Å². The maximum absolute atomic E-state index is 11.9. The molecule has 1 heterocycles. The third-order valence-electron chi connectivity index (χ3n) is 3.22. The summed E-state index contributed by atoms with van der Waals surface area (Å²) in [4.78, 5) is 11.9. The molecule has 0 bridgehead atoms. The van der Waals surface area contributed by atoms with Crippen molar-refractivity contribution in [1.29, 1.82) is 0 Å². The summed E-state index contributed by atoms with van der Waals surface area (Å²) in [5.41, 5.74) is 0. The molecular weight excluding hydrogens is 248 g/mol. The Morgan fingerprint density at radius 3 is 2.83 bits per heavy atom. The number of rotatable bonds is 5. The zero-order valence-corrected chi connectivity index (χ0v) is 11.6. The van der Waals surface area contributed by atoms with Gasteiger partial charge in [0.25, 0.3) is 5.91 Å². The van der Waals surface area contributed by atoms with Crippen LogP contribution in [0.25, 0.3) is 0 Å². The summed E-state index contributed by atoms with van der Waals surface area (Å²) in [5, 5.41) is 15.0. The van der Waals surface area contributed by atoms with Gasteiger partial charge in [0.1, 0.15) is 0 Å². The van der Waals surface area contributed by atoms with Crippen LogP contribution >= 0.6 is 11.3 Å². The summed E-state index contributed by atoms with van der Waals surface area (Å²) >= 11 is 1.31. The smallest absolute Gasteiger partial charge is 0.282 e. The first-order valence-electron chi connectivity index (χ1n) is 6.65. The molecule has 2 N–H and O–H groups in total. The predicted molar refractivity (Wildman–Crippen MR) is 73.0 cm³/mol. The van der Waals surface area contributed by atoms with E-state index in [1.54, 1.807) is 0 Å². The van der Waals surface area contributed by atoms with E-state index in [-0.39, 0.29) is 5.91 Å². The van der Waals surface area contributed by atoms with Crippen LogP contribution in [0.2, 0.25) is 0 Å². The second kappa shape index (κ2) is 6.68. The van der Waals surface area contributed by atoms with Crippen LogP contribution in [0.3, 0.4) is 0 Å². The van der Waals surface area contributed by atoms with Crippen molar-refractivity contribution in [2.24, 2.45) is 5.92 Å². The Labute approximate surface area is 111 Å². The second-order valence-electron chi connectivity index (χ2n) is 4.66. The van der Waals surface area contributed by atoms with Gasteiger partial charge in [-0.1, -0.05) is 30.6 Å². The Kier molecular flexibility index (Phi) is 4.92. The number of nitrogens with zero attached hydrogens (tertiary/aromatic N) is 2. The highest BCUT2D eigenvalue weighted by Gasteiger charge is 2.17. The van der Waals surface area contributed by atoms with Crippen LogP contribution in [-0.2, 0) is 0 Å². The number of aromatic nitrogens is 2. The van der Waals surface area contributed by atoms with Crippen LogP contribution in [0.4, 0.5) is 5.13 Å². The molecule has 0 atom stereocenters. The Hall–Kier alpha value is -1.17. The highest BCUT2D eigenvalue weighted by atomic mass is 32.1. The molecule has 1 fully saturated rings. The topological polar surface area (TPSA) is 66.9 Å². The lowest BCUT2D eigenvalue weighted by Gasteiger charge is -2.21. The monoisotopic (exact) mass is 268 g/mol. The van der Waals surface area contributed by atoms with Crippen LogP contribution < -0.4 is 10.6 Å². The lowest BCUT2D eigenvalue weighted by atomic mass is 9.89. The van der Waals surface area contributed by atoms with E-state index in [4.69, 9.17) is 0 Å². The van der Waals surface area contributed by atoms with Crippen LogP contribution in [0, 0.1) is 5.92 Å². The zero-order valence-electron chi connectivity index (χ0n) is 10.7. The number of amides is 1. The van der Waals surface area contributed by atoms with Crippen molar-refractivity contribution in [3.8, 4) is 0 Å². The minimum absolute atomic E-state index is 0.0952. The largest absolute Gasteiger partial charge is 0.360 e. The molecule has 0 spiro atoms. The minimum Gasteiger partial charge on any atom is -0.360 e. The number of hydrogen-bond donors (Lipinski definition) is 2. The fourth-order valence-corrected chi connectivity index (χ4v) is 2.97. The Bertz CT molecular complexity index is 387. The molecule has 6 heteroatoms. The first kappa shape index (κ1) is 13.3. The summed E-state index contributed by atoms with van der Waals surface area (Å²) in [5.74, 6) is 0.547. The molecule has 18 heavy (non-hydrogen) atoms. The number of anilines is 1. The van der Waals surface area contributed by atoms with Gasteiger partial charge in [0.2, 0.25) is 10.1 Å². The molecule has 0 radical (unpaired) electrons. The molecule has 1 aliphatic rings. The molecule has 1 aliphatic carbocycles. The summed E-state index contributed by atoms with van der Waals surface area (Å²) in [7, 11) is 0. The van der Waals surface area contributed by atoms with Crippen LogP contribution in [0.1, 0.15) is 48.8 Å². The number of carbonyl (C=O) groups excluding carboxylic acids is 1. The van der Waals surface area contributed by atoms with E-state index in [9.17, 15) is 4.79 Å². The summed E-state index contributed by atoms with van der Waals surface area (Å²) in [6, 6.07) is 0. The Morgan fingerprint density at radius 2 is 2.11 bits per heavy atom. The number of hydrogen-bond acceptors (Lipinski definition) is 5. The lowest BCUT2D eigenvalue weighted by Crippen LogP contribution is -2.30. The number of nitrogens with one attached hydrogen (secondary N) is 2. The normalized spacial score (nSPS) is 16.5. The van der Waals surface area contributed by atoms with Crippen molar-refractivity contribution in [2.45, 2.75) is 39.0 Å². The first-order valence-corrected chi connectivity index (χ1v) is 7.47. The van der Waals surface area contributed by atoms with E-state index in [2.05, 4.69) is 20.8 Å². The second-order valence-corrected chi connectivity index (χ2v) is 5.63. The molecule has 0 aromatic carbocycles. The van der Waals surface area contributed by atoms with Crippen LogP contribution in [0.15, 0.2) is 0 Å². The van der Waals surface area contributed by atoms with Gasteiger partial charge < -0.3 is 10.6 Å². The van der Waals surface area contributed by atoms with E-state index in [1.807, 2.05) is 6.92 Å². The fraction of sp³-hybridized carbons (Fsp3) is 0.750. The molecule has 2 rings (SSSR count). The van der Waals surface area contributed by atoms with E-state index >= 15 is 0 Å². The van der Waals surface area contributed by atoms with Gasteiger partial charge in [-0.3, -0.25) is 4.79 Å². The van der Waals surface area contributed by atoms with Gasteiger partial charge in [-0.05, 0) is 25.7 Å². The van der Waals surface area contributed by atoms with Gasteiger partial charge >= 0.3 is 0 Å². The molecule has 1 saturated carbocycles. The molecule has 0 saturated heterocycles. The quantitative estimate of drug-likeness (QED) is 0.859. The standard InChI is InChI=1S/C12H20N4OS/c1-2-13-12-16-15-11(18-12)10(17)14-8-9-6-4-3-5-7-9/h9H,2-8H2,1H3,(H,13,16)(H,14,17). The third-order valence-corrected chi connectivity index (χ3v) is 4.10. The van der Waals surface area contributed by atoms with Gasteiger partial charge in [0.05, 0.1) is 0 Å². The maximum Gasteiger partial charge on any atom is 0.282 e. The zero-order chi connectivity index (χ0) is 12.8. The molecule has 1 aromatic heterocycles. The average molecular weight is 268 g/mol. The molecule has 5 nitrogen and oxygen atoms in total. The third kappa shape index (κ3) is 3.66. The molecule has 0 unspecified atom stereocenters. The average Bonchev–Trinajstić information content (AvgIpc) is 2.86. The van der Waals surface area contributed by atoms with Gasteiger partial charge in [0.15, 0.2) is 0 Å². The highest BCUT2D eigenvalue weighted by Crippen LogP contribution is 2.23. The molecular formula is C12H20N4OS. The van der Waals surface area contributed by atoms with E-state index in [0.717, 1.165) is 13.1 Å². The van der Waals surface area contributed by atoms with Gasteiger partial charge in [-0.2, -0.15) is 0 Å². The maximum atomic E-state index is 11.9. The molecule has 1 amide bonds. The SMILES string of the molecule is CCNc1nnc(C(=O)NCC2CCCCC2)s1. The van der Waals surface area contributed by atoms with Gasteiger partial charge in [0, 0.05) is 13.1 Å². The fourth-order valence-electron chi connectivity index (χ4n) is 2.24. The van der Waals surface area contributed by atoms with Crippen molar-refractivity contribution in [2.75, 3.05) is 18.4 Å². The van der Waals surface area contributed by atoms with Crippen LogP contribution in [-0.4, -0.2) is 29.2 Å². The van der Waals surface area contributed by atoms with E-state index in [0.29, 0.717) is 16.1 Å². The van der Waals surface area contributed by atoms with E-state index < -0.39 is 0 Å². The molecule has 100 valence electrons. The van der Waals surface area contributed by atoms with Crippen LogP contribution in [0.5, 0.6) is 0 Å². The van der Waals surface area contributed by atoms with Crippen molar-refractivity contribution < 1.29 is 4.79 Å². The summed E-state index contributed by atoms with van der Waals surface area (Å²) in [6.45, 7) is 3.55. The Morgan fingerprint density at radius 1 is 1.33 bits per heavy atom. The van der Waals surface area contributed by atoms with Crippen molar-refractivity contribution in [1.82, 2.24) is 15.5 Å². The highest BCUT2D eigenvalue weighted by molar-refractivity contribution is 7.17. The predicted octanol–water partition coefficient (Wildman–Crippen LogP) is 2.28. The van der Waals surface area contributed by atoms with Crippen molar-refractivity contribution in [3.63, 3.8) is 0 Å².